The van der Waals surface area contributed by atoms with E-state index in [1.807, 2.05) is 35.2 Å². The highest BCUT2D eigenvalue weighted by Gasteiger charge is 2.32. The van der Waals surface area contributed by atoms with Gasteiger partial charge in [0.15, 0.2) is 9.84 Å². The summed E-state index contributed by atoms with van der Waals surface area (Å²) < 4.78 is 23.5. The number of rotatable bonds is 5. The Labute approximate surface area is 168 Å². The molecule has 3 N–H and O–H groups in total. The summed E-state index contributed by atoms with van der Waals surface area (Å²) >= 11 is 6.06. The van der Waals surface area contributed by atoms with Gasteiger partial charge in [-0.1, -0.05) is 41.9 Å². The first kappa shape index (κ1) is 20.3. The van der Waals surface area contributed by atoms with E-state index in [0.717, 1.165) is 5.56 Å². The van der Waals surface area contributed by atoms with Gasteiger partial charge in [-0.05, 0) is 23.8 Å². The second kappa shape index (κ2) is 8.30. The first-order valence-corrected chi connectivity index (χ1v) is 10.9. The molecule has 1 fully saturated rings. The molecule has 0 radical (unpaired) electrons. The number of nitrogens with one attached hydrogen (secondary N) is 1. The molecule has 148 valence electrons. The van der Waals surface area contributed by atoms with Crippen LogP contribution in [0, 0.1) is 0 Å². The number of carbonyl (C=O) groups excluding carboxylic acids is 2. The van der Waals surface area contributed by atoms with Gasteiger partial charge in [0, 0.05) is 18.8 Å². The maximum absolute atomic E-state index is 13.1. The highest BCUT2D eigenvalue weighted by molar-refractivity contribution is 7.91. The second-order valence-corrected chi connectivity index (χ2v) is 9.26. The lowest BCUT2D eigenvalue weighted by Crippen LogP contribution is -2.46. The zero-order valence-corrected chi connectivity index (χ0v) is 16.5. The maximum atomic E-state index is 13.1. The average molecular weight is 422 g/mol. The number of sulfone groups is 1. The Morgan fingerprint density at radius 2 is 1.71 bits per heavy atom. The Bertz CT molecular complexity index is 981. The summed E-state index contributed by atoms with van der Waals surface area (Å²) in [6.07, 6.45) is 0. The molecule has 0 saturated carbocycles. The highest BCUT2D eigenvalue weighted by atomic mass is 35.5. The Morgan fingerprint density at radius 1 is 1.07 bits per heavy atom. The van der Waals surface area contributed by atoms with Crippen LogP contribution in [0.25, 0.3) is 0 Å². The number of carbonyl (C=O) groups is 2. The third-order valence-corrected chi connectivity index (χ3v) is 6.53. The predicted octanol–water partition coefficient (Wildman–Crippen LogP) is 1.85. The van der Waals surface area contributed by atoms with Crippen molar-refractivity contribution in [2.24, 2.45) is 5.73 Å². The number of nitrogens with zero attached hydrogens (tertiary/aromatic N) is 1. The number of amides is 2. The third-order valence-electron chi connectivity index (χ3n) is 4.61. The van der Waals surface area contributed by atoms with E-state index < -0.39 is 21.8 Å². The van der Waals surface area contributed by atoms with Crippen molar-refractivity contribution >= 4 is 38.9 Å². The normalized spacial score (nSPS) is 17.6. The first-order chi connectivity index (χ1) is 13.3. The third kappa shape index (κ3) is 4.70. The van der Waals surface area contributed by atoms with Crippen molar-refractivity contribution in [1.29, 1.82) is 0 Å². The number of anilines is 1. The van der Waals surface area contributed by atoms with E-state index in [1.165, 1.54) is 12.1 Å². The molecule has 7 nitrogen and oxygen atoms in total. The molecule has 1 aliphatic heterocycles. The molecule has 1 saturated heterocycles. The second-order valence-electron chi connectivity index (χ2n) is 6.55. The van der Waals surface area contributed by atoms with Crippen molar-refractivity contribution in [2.45, 2.75) is 6.04 Å². The van der Waals surface area contributed by atoms with Crippen LogP contribution in [0.4, 0.5) is 5.69 Å². The molecule has 0 bridgehead atoms. The lowest BCUT2D eigenvalue weighted by molar-refractivity contribution is -0.121. The van der Waals surface area contributed by atoms with Crippen LogP contribution in [0.1, 0.15) is 22.0 Å². The molecule has 2 aromatic carbocycles. The van der Waals surface area contributed by atoms with Gasteiger partial charge in [-0.3, -0.25) is 14.5 Å². The monoisotopic (exact) mass is 421 g/mol. The van der Waals surface area contributed by atoms with E-state index in [-0.39, 0.29) is 41.1 Å². The smallest absolute Gasteiger partial charge is 0.250 e. The van der Waals surface area contributed by atoms with Crippen LogP contribution in [0.5, 0.6) is 0 Å². The van der Waals surface area contributed by atoms with E-state index in [2.05, 4.69) is 5.32 Å². The van der Waals surface area contributed by atoms with E-state index in [4.69, 9.17) is 17.3 Å². The van der Waals surface area contributed by atoms with Gasteiger partial charge in [-0.2, -0.15) is 0 Å². The van der Waals surface area contributed by atoms with Crippen LogP contribution in [-0.4, -0.2) is 49.7 Å². The summed E-state index contributed by atoms with van der Waals surface area (Å²) in [6, 6.07) is 13.0. The van der Waals surface area contributed by atoms with Crippen LogP contribution < -0.4 is 11.1 Å². The maximum Gasteiger partial charge on any atom is 0.250 e. The van der Waals surface area contributed by atoms with Gasteiger partial charge in [0.2, 0.25) is 11.8 Å². The summed E-state index contributed by atoms with van der Waals surface area (Å²) in [7, 11) is -3.07. The topological polar surface area (TPSA) is 110 Å². The molecule has 3 rings (SSSR count). The van der Waals surface area contributed by atoms with E-state index in [0.29, 0.717) is 5.69 Å². The van der Waals surface area contributed by atoms with E-state index in [1.54, 1.807) is 6.07 Å². The zero-order valence-electron chi connectivity index (χ0n) is 15.0. The quantitative estimate of drug-likeness (QED) is 0.765. The fourth-order valence-corrected chi connectivity index (χ4v) is 4.65. The molecule has 0 spiro atoms. The highest BCUT2D eigenvalue weighted by Crippen LogP contribution is 2.26. The largest absolute Gasteiger partial charge is 0.366 e. The number of halogens is 1. The van der Waals surface area contributed by atoms with Crippen LogP contribution in [0.15, 0.2) is 48.5 Å². The van der Waals surface area contributed by atoms with Crippen molar-refractivity contribution in [3.8, 4) is 0 Å². The average Bonchev–Trinajstić information content (AvgIpc) is 2.64. The van der Waals surface area contributed by atoms with Crippen molar-refractivity contribution < 1.29 is 18.0 Å². The predicted molar refractivity (Wildman–Crippen MR) is 108 cm³/mol. The zero-order chi connectivity index (χ0) is 20.3. The molecule has 9 heteroatoms. The Hall–Kier alpha value is -2.42. The minimum absolute atomic E-state index is 0.0166. The molecular weight excluding hydrogens is 402 g/mol. The molecule has 0 aliphatic carbocycles. The van der Waals surface area contributed by atoms with E-state index >= 15 is 0 Å². The number of hydrogen-bond donors (Lipinski definition) is 2. The van der Waals surface area contributed by atoms with Gasteiger partial charge in [0.25, 0.3) is 0 Å². The summed E-state index contributed by atoms with van der Waals surface area (Å²) in [6.45, 7) is 0.549. The Morgan fingerprint density at radius 3 is 2.29 bits per heavy atom. The van der Waals surface area contributed by atoms with Gasteiger partial charge in [0.1, 0.15) is 6.04 Å². The van der Waals surface area contributed by atoms with Crippen molar-refractivity contribution in [1.82, 2.24) is 4.90 Å². The number of primary amides is 1. The SMILES string of the molecule is NC(=O)c1ccc(NC(=O)C(c2ccccc2)N2CCS(=O)(=O)CC2)cc1Cl. The van der Waals surface area contributed by atoms with Crippen molar-refractivity contribution in [3.63, 3.8) is 0 Å². The van der Waals surface area contributed by atoms with Crippen LogP contribution in [-0.2, 0) is 14.6 Å². The van der Waals surface area contributed by atoms with Gasteiger partial charge < -0.3 is 11.1 Å². The fraction of sp³-hybridized carbons (Fsp3) is 0.263. The Balaban J connectivity index is 1.85. The molecular formula is C19H20ClN3O4S. The van der Waals surface area contributed by atoms with Gasteiger partial charge >= 0.3 is 0 Å². The minimum atomic E-state index is -3.07. The first-order valence-electron chi connectivity index (χ1n) is 8.66. The summed E-state index contributed by atoms with van der Waals surface area (Å²) in [4.78, 5) is 26.2. The molecule has 1 unspecified atom stereocenters. The number of benzene rings is 2. The molecule has 1 atom stereocenters. The summed E-state index contributed by atoms with van der Waals surface area (Å²) in [5, 5.41) is 2.94. The van der Waals surface area contributed by atoms with Crippen molar-refractivity contribution in [3.05, 3.63) is 64.7 Å². The molecule has 2 amide bonds. The van der Waals surface area contributed by atoms with Crippen LogP contribution in [0.3, 0.4) is 0 Å². The molecule has 28 heavy (non-hydrogen) atoms. The van der Waals surface area contributed by atoms with Gasteiger partial charge in [-0.25, -0.2) is 8.42 Å². The summed E-state index contributed by atoms with van der Waals surface area (Å²) in [5.41, 5.74) is 6.60. The van der Waals surface area contributed by atoms with Crippen molar-refractivity contribution in [2.75, 3.05) is 29.9 Å². The van der Waals surface area contributed by atoms with Gasteiger partial charge in [0.05, 0.1) is 22.1 Å². The fourth-order valence-electron chi connectivity index (χ4n) is 3.15. The number of nitrogens with two attached hydrogens (primary N) is 1. The Kier molecular flexibility index (Phi) is 6.02. The minimum Gasteiger partial charge on any atom is -0.366 e. The lowest BCUT2D eigenvalue weighted by atomic mass is 10.0. The van der Waals surface area contributed by atoms with Crippen LogP contribution in [0.2, 0.25) is 5.02 Å². The standard InChI is InChI=1S/C19H20ClN3O4S/c20-16-12-14(6-7-15(16)18(21)24)22-19(25)17(13-4-2-1-3-5-13)23-8-10-28(26,27)11-9-23/h1-7,12,17H,8-11H2,(H2,21,24)(H,22,25). The van der Waals surface area contributed by atoms with E-state index in [9.17, 15) is 18.0 Å². The van der Waals surface area contributed by atoms with Gasteiger partial charge in [-0.15, -0.1) is 0 Å². The molecule has 0 aromatic heterocycles. The molecule has 2 aromatic rings. The van der Waals surface area contributed by atoms with Crippen LogP contribution >= 0.6 is 11.6 Å². The number of hydrogen-bond acceptors (Lipinski definition) is 5. The summed E-state index contributed by atoms with van der Waals surface area (Å²) in [5.74, 6) is -0.932. The molecule has 1 heterocycles. The lowest BCUT2D eigenvalue weighted by Gasteiger charge is -2.33. The molecule has 1 aliphatic rings.